The first kappa shape index (κ1) is 33.4. The normalized spacial score (nSPS) is 15.6. The number of imidazole rings is 1. The van der Waals surface area contributed by atoms with Crippen molar-refractivity contribution in [2.75, 3.05) is 28.7 Å². The highest BCUT2D eigenvalue weighted by atomic mass is 19.1. The highest BCUT2D eigenvalue weighted by molar-refractivity contribution is 6.05. The number of hydrogen-bond donors (Lipinski definition) is 2. The number of halogens is 1. The zero-order valence-corrected chi connectivity index (χ0v) is 28.3. The number of nitrogens with one attached hydrogen (secondary N) is 2. The number of ether oxygens (including phenoxy) is 4. The Labute approximate surface area is 281 Å². The van der Waals surface area contributed by atoms with Crippen LogP contribution in [0.5, 0.6) is 5.88 Å². The second-order valence-electron chi connectivity index (χ2n) is 13.8. The summed E-state index contributed by atoms with van der Waals surface area (Å²) in [5.74, 6) is 0.379. The Morgan fingerprint density at radius 2 is 1.71 bits per heavy atom. The lowest BCUT2D eigenvalue weighted by molar-refractivity contribution is 0.0564. The van der Waals surface area contributed by atoms with E-state index in [4.69, 9.17) is 18.9 Å². The lowest BCUT2D eigenvalue weighted by Gasteiger charge is -2.32. The summed E-state index contributed by atoms with van der Waals surface area (Å²) in [6.45, 7) is 13.0. The number of carbonyl (C=O) groups excluding carboxylic acids is 3. The lowest BCUT2D eigenvalue weighted by Crippen LogP contribution is -2.42. The smallest absolute Gasteiger partial charge is 0.415 e. The van der Waals surface area contributed by atoms with Crippen molar-refractivity contribution in [2.45, 2.75) is 78.7 Å². The van der Waals surface area contributed by atoms with Crippen LogP contribution in [0.3, 0.4) is 0 Å². The molecule has 3 aromatic heterocycles. The summed E-state index contributed by atoms with van der Waals surface area (Å²) >= 11 is 0. The number of benzene rings is 1. The molecule has 1 atom stereocenters. The highest BCUT2D eigenvalue weighted by Gasteiger charge is 2.33. The molecule has 5 heterocycles. The largest absolute Gasteiger partial charge is 0.474 e. The van der Waals surface area contributed by atoms with Crippen molar-refractivity contribution >= 4 is 46.2 Å². The van der Waals surface area contributed by atoms with Gasteiger partial charge in [0.2, 0.25) is 5.88 Å². The minimum absolute atomic E-state index is 0.0566. The Hall–Kier alpha value is -5.47. The van der Waals surface area contributed by atoms with Gasteiger partial charge in [0.25, 0.3) is 0 Å². The number of aromatic nitrogens is 4. The van der Waals surface area contributed by atoms with Gasteiger partial charge in [-0.25, -0.2) is 33.7 Å². The molecule has 4 aromatic rings. The predicted octanol–water partition coefficient (Wildman–Crippen LogP) is 6.60. The molecule has 15 heteroatoms. The van der Waals surface area contributed by atoms with Crippen LogP contribution in [-0.2, 0) is 27.2 Å². The fraction of sp³-hybridized carbons (Fsp3) is 0.412. The maximum Gasteiger partial charge on any atom is 0.415 e. The zero-order chi connectivity index (χ0) is 35.2. The van der Waals surface area contributed by atoms with E-state index in [1.807, 2.05) is 10.8 Å². The molecule has 0 saturated heterocycles. The van der Waals surface area contributed by atoms with Gasteiger partial charge in [0.1, 0.15) is 41.2 Å². The van der Waals surface area contributed by atoms with Crippen LogP contribution < -0.4 is 20.3 Å². The van der Waals surface area contributed by atoms with E-state index in [-0.39, 0.29) is 41.5 Å². The standard InChI is InChI=1S/C34H38FN7O7/c1-18-22(15-38-29-28(18)42(10-11-46-29)32(45)49-34(5,6)7)21-12-19-13-24(39-30(43)47-20-14-25-36-8-9-41(25)17-20)37-16-23(19)27(26(21)35)40-31(44)48-33(2,3)4/h8-9,12-13,15-16,20H,10-11,14,17H2,1-7H3,(H,40,44)(H,37,39,43). The van der Waals surface area contributed by atoms with Crippen LogP contribution in [0, 0.1) is 12.7 Å². The molecule has 0 spiro atoms. The minimum Gasteiger partial charge on any atom is -0.474 e. The van der Waals surface area contributed by atoms with Gasteiger partial charge in [0.05, 0.1) is 18.8 Å². The van der Waals surface area contributed by atoms with Crippen LogP contribution in [0.4, 0.5) is 36.0 Å². The number of rotatable bonds is 4. The van der Waals surface area contributed by atoms with Crippen molar-refractivity contribution in [2.24, 2.45) is 0 Å². The summed E-state index contributed by atoms with van der Waals surface area (Å²) in [6, 6.07) is 3.09. The number of carbonyl (C=O) groups is 3. The third-order valence-corrected chi connectivity index (χ3v) is 7.70. The molecule has 3 amide bonds. The SMILES string of the molecule is Cc1c(-c2cc3cc(NC(=O)OC4Cc5nccn5C4)ncc3c(NC(=O)OC(C)(C)C)c2F)cnc2c1N(C(=O)OC(C)(C)C)CCO2. The predicted molar refractivity (Wildman–Crippen MR) is 178 cm³/mol. The topological polar surface area (TPSA) is 159 Å². The number of hydrogen-bond acceptors (Lipinski definition) is 10. The second-order valence-corrected chi connectivity index (χ2v) is 13.8. The zero-order valence-electron chi connectivity index (χ0n) is 28.3. The van der Waals surface area contributed by atoms with Gasteiger partial charge >= 0.3 is 18.3 Å². The number of pyridine rings is 2. The van der Waals surface area contributed by atoms with Crippen molar-refractivity contribution in [3.63, 3.8) is 0 Å². The molecule has 14 nitrogen and oxygen atoms in total. The average Bonchev–Trinajstić information content (AvgIpc) is 3.59. The Morgan fingerprint density at radius 3 is 2.43 bits per heavy atom. The number of nitrogens with zero attached hydrogens (tertiary/aromatic N) is 5. The molecule has 0 bridgehead atoms. The molecular weight excluding hydrogens is 637 g/mol. The van der Waals surface area contributed by atoms with Gasteiger partial charge < -0.3 is 23.5 Å². The quantitative estimate of drug-likeness (QED) is 0.226. The summed E-state index contributed by atoms with van der Waals surface area (Å²) in [7, 11) is 0. The van der Waals surface area contributed by atoms with Crippen molar-refractivity contribution in [3.05, 3.63) is 54.1 Å². The van der Waals surface area contributed by atoms with E-state index >= 15 is 4.39 Å². The van der Waals surface area contributed by atoms with E-state index in [2.05, 4.69) is 25.6 Å². The van der Waals surface area contributed by atoms with Crippen molar-refractivity contribution in [1.29, 1.82) is 0 Å². The molecule has 2 aliphatic rings. The van der Waals surface area contributed by atoms with Crippen LogP contribution in [0.2, 0.25) is 0 Å². The third-order valence-electron chi connectivity index (χ3n) is 7.70. The van der Waals surface area contributed by atoms with Crippen molar-refractivity contribution in [1.82, 2.24) is 19.5 Å². The fourth-order valence-electron chi connectivity index (χ4n) is 5.72. The van der Waals surface area contributed by atoms with E-state index in [1.165, 1.54) is 23.4 Å². The van der Waals surface area contributed by atoms with Crippen LogP contribution in [0.15, 0.2) is 36.9 Å². The number of amides is 3. The summed E-state index contributed by atoms with van der Waals surface area (Å²) in [4.78, 5) is 53.3. The van der Waals surface area contributed by atoms with Gasteiger partial charge in [0, 0.05) is 47.7 Å². The molecule has 0 aliphatic carbocycles. The van der Waals surface area contributed by atoms with E-state index in [0.717, 1.165) is 5.82 Å². The van der Waals surface area contributed by atoms with Gasteiger partial charge in [-0.15, -0.1) is 0 Å². The third kappa shape index (κ3) is 7.20. The summed E-state index contributed by atoms with van der Waals surface area (Å²) in [6.07, 6.45) is 4.21. The molecule has 6 rings (SSSR count). The van der Waals surface area contributed by atoms with Gasteiger partial charge in [-0.2, -0.15) is 0 Å². The Morgan fingerprint density at radius 1 is 0.959 bits per heavy atom. The monoisotopic (exact) mass is 675 g/mol. The molecule has 2 N–H and O–H groups in total. The fourth-order valence-corrected chi connectivity index (χ4v) is 5.72. The van der Waals surface area contributed by atoms with Crippen molar-refractivity contribution < 1.29 is 37.7 Å². The number of fused-ring (bicyclic) bond motifs is 3. The molecule has 0 fully saturated rings. The molecule has 0 saturated carbocycles. The summed E-state index contributed by atoms with van der Waals surface area (Å²) < 4.78 is 40.9. The molecular formula is C34H38FN7O7. The molecule has 49 heavy (non-hydrogen) atoms. The first-order valence-corrected chi connectivity index (χ1v) is 15.8. The van der Waals surface area contributed by atoms with Gasteiger partial charge in [0.15, 0.2) is 5.82 Å². The maximum atomic E-state index is 16.6. The second kappa shape index (κ2) is 12.5. The Balaban J connectivity index is 1.38. The lowest BCUT2D eigenvalue weighted by atomic mass is 9.96. The molecule has 258 valence electrons. The van der Waals surface area contributed by atoms with Gasteiger partial charge in [-0.1, -0.05) is 0 Å². The Bertz CT molecular complexity index is 1940. The first-order chi connectivity index (χ1) is 23.1. The van der Waals surface area contributed by atoms with Crippen molar-refractivity contribution in [3.8, 4) is 17.0 Å². The Kier molecular flexibility index (Phi) is 8.55. The van der Waals surface area contributed by atoms with Crippen LogP contribution in [0.1, 0.15) is 52.9 Å². The number of anilines is 3. The van der Waals surface area contributed by atoms with E-state index in [1.54, 1.807) is 60.7 Å². The summed E-state index contributed by atoms with van der Waals surface area (Å²) in [5.41, 5.74) is -0.590. The molecule has 0 radical (unpaired) electrons. The van der Waals surface area contributed by atoms with Crippen LogP contribution >= 0.6 is 0 Å². The molecule has 2 aliphatic heterocycles. The van der Waals surface area contributed by atoms with E-state index < -0.39 is 41.4 Å². The first-order valence-electron chi connectivity index (χ1n) is 15.8. The van der Waals surface area contributed by atoms with Crippen LogP contribution in [-0.4, -0.2) is 68.3 Å². The molecule has 1 unspecified atom stereocenters. The average molecular weight is 676 g/mol. The van der Waals surface area contributed by atoms with E-state index in [0.29, 0.717) is 35.2 Å². The van der Waals surface area contributed by atoms with Gasteiger partial charge in [-0.05, 0) is 71.5 Å². The van der Waals surface area contributed by atoms with Crippen LogP contribution in [0.25, 0.3) is 21.9 Å². The molecule has 1 aromatic carbocycles. The maximum absolute atomic E-state index is 16.6. The van der Waals surface area contributed by atoms with Gasteiger partial charge in [-0.3, -0.25) is 15.5 Å². The van der Waals surface area contributed by atoms with E-state index in [9.17, 15) is 14.4 Å². The minimum atomic E-state index is -0.878. The summed E-state index contributed by atoms with van der Waals surface area (Å²) in [5, 5.41) is 5.85. The highest BCUT2D eigenvalue weighted by Crippen LogP contribution is 2.42.